The van der Waals surface area contributed by atoms with Crippen molar-refractivity contribution < 1.29 is 4.79 Å². The standard InChI is InChI=1S/C9H10N4O/c1-12-4-5-13-3-2-6-7(13)8(12)11-9(14)10-6/h2-3,7H,4-5H2,1H3. The van der Waals surface area contributed by atoms with Crippen molar-refractivity contribution in [2.45, 2.75) is 6.04 Å². The van der Waals surface area contributed by atoms with E-state index in [1.54, 1.807) is 0 Å². The van der Waals surface area contributed by atoms with E-state index in [2.05, 4.69) is 14.9 Å². The zero-order valence-electron chi connectivity index (χ0n) is 7.84. The van der Waals surface area contributed by atoms with Crippen molar-refractivity contribution in [1.82, 2.24) is 9.80 Å². The van der Waals surface area contributed by atoms with Crippen molar-refractivity contribution in [3.8, 4) is 0 Å². The first-order valence-corrected chi connectivity index (χ1v) is 4.62. The average Bonchev–Trinajstić information content (AvgIpc) is 2.55. The van der Waals surface area contributed by atoms with Crippen LogP contribution in [-0.2, 0) is 0 Å². The molecule has 0 aromatic heterocycles. The summed E-state index contributed by atoms with van der Waals surface area (Å²) in [4.78, 5) is 23.3. The smallest absolute Gasteiger partial charge is 0.360 e. The highest BCUT2D eigenvalue weighted by molar-refractivity contribution is 6.24. The second kappa shape index (κ2) is 2.43. The molecular weight excluding hydrogens is 180 g/mol. The van der Waals surface area contributed by atoms with Crippen LogP contribution >= 0.6 is 0 Å². The number of urea groups is 1. The summed E-state index contributed by atoms with van der Waals surface area (Å²) in [5, 5.41) is 0. The number of carbonyl (C=O) groups excluding carboxylic acids is 1. The minimum atomic E-state index is -0.383. The highest BCUT2D eigenvalue weighted by Crippen LogP contribution is 2.22. The predicted octanol–water partition coefficient (Wildman–Crippen LogP) is 0.103. The molecule has 0 radical (unpaired) electrons. The molecule has 0 aliphatic carbocycles. The van der Waals surface area contributed by atoms with E-state index in [1.165, 1.54) is 0 Å². The zero-order chi connectivity index (χ0) is 9.71. The van der Waals surface area contributed by atoms with Gasteiger partial charge in [-0.15, -0.1) is 0 Å². The molecule has 0 N–H and O–H groups in total. The molecule has 3 rings (SSSR count). The number of hydrogen-bond donors (Lipinski definition) is 0. The molecule has 14 heavy (non-hydrogen) atoms. The Morgan fingerprint density at radius 1 is 1.43 bits per heavy atom. The van der Waals surface area contributed by atoms with Gasteiger partial charge in [-0.05, 0) is 6.08 Å². The summed E-state index contributed by atoms with van der Waals surface area (Å²) < 4.78 is 0. The predicted molar refractivity (Wildman–Crippen MR) is 52.5 cm³/mol. The first-order chi connectivity index (χ1) is 6.75. The summed E-state index contributed by atoms with van der Waals surface area (Å²) in [6.07, 6.45) is 3.89. The second-order valence-corrected chi connectivity index (χ2v) is 3.67. The van der Waals surface area contributed by atoms with Gasteiger partial charge in [0.2, 0.25) is 0 Å². The summed E-state index contributed by atoms with van der Waals surface area (Å²) in [6, 6.07) is -0.294. The van der Waals surface area contributed by atoms with Crippen LogP contribution in [0.4, 0.5) is 4.79 Å². The lowest BCUT2D eigenvalue weighted by atomic mass is 10.1. The topological polar surface area (TPSA) is 48.3 Å². The van der Waals surface area contributed by atoms with Crippen molar-refractivity contribution in [3.63, 3.8) is 0 Å². The van der Waals surface area contributed by atoms with Crippen molar-refractivity contribution >= 4 is 17.6 Å². The molecule has 5 nitrogen and oxygen atoms in total. The summed E-state index contributed by atoms with van der Waals surface area (Å²) in [7, 11) is 1.96. The largest absolute Gasteiger partial charge is 0.369 e. The molecular formula is C9H10N4O. The van der Waals surface area contributed by atoms with Gasteiger partial charge in [0.15, 0.2) is 0 Å². The Morgan fingerprint density at radius 3 is 3.14 bits per heavy atom. The van der Waals surface area contributed by atoms with Crippen molar-refractivity contribution in [3.05, 3.63) is 12.3 Å². The summed E-state index contributed by atoms with van der Waals surface area (Å²) in [6.45, 7) is 1.87. The minimum absolute atomic E-state index is 0.0893. The molecule has 0 aromatic rings. The monoisotopic (exact) mass is 190 g/mol. The summed E-state index contributed by atoms with van der Waals surface area (Å²) in [5.74, 6) is 0.830. The maximum atomic E-state index is 11.2. The lowest BCUT2D eigenvalue weighted by Crippen LogP contribution is -2.56. The molecule has 0 saturated carbocycles. The van der Waals surface area contributed by atoms with Crippen LogP contribution < -0.4 is 0 Å². The Hall–Kier alpha value is -1.65. The van der Waals surface area contributed by atoms with E-state index in [1.807, 2.05) is 24.2 Å². The molecule has 1 fully saturated rings. The van der Waals surface area contributed by atoms with Crippen LogP contribution in [0.15, 0.2) is 22.3 Å². The molecule has 1 unspecified atom stereocenters. The number of carbonyl (C=O) groups is 1. The molecule has 1 atom stereocenters. The SMILES string of the molecule is CN1CCN2C=CC3=NC(=O)N=C1C32. The maximum absolute atomic E-state index is 11.2. The molecule has 72 valence electrons. The van der Waals surface area contributed by atoms with Gasteiger partial charge in [-0.1, -0.05) is 0 Å². The Morgan fingerprint density at radius 2 is 2.29 bits per heavy atom. The number of hydrogen-bond acceptors (Lipinski definition) is 3. The van der Waals surface area contributed by atoms with Crippen LogP contribution in [0.25, 0.3) is 0 Å². The van der Waals surface area contributed by atoms with Crippen LogP contribution in [-0.4, -0.2) is 53.6 Å². The Balaban J connectivity index is 2.09. The Labute approximate surface area is 81.4 Å². The Bertz CT molecular complexity index is 396. The van der Waals surface area contributed by atoms with Crippen LogP contribution in [0.2, 0.25) is 0 Å². The van der Waals surface area contributed by atoms with Gasteiger partial charge >= 0.3 is 6.03 Å². The quantitative estimate of drug-likeness (QED) is 0.544. The van der Waals surface area contributed by atoms with E-state index >= 15 is 0 Å². The maximum Gasteiger partial charge on any atom is 0.369 e. The fourth-order valence-electron chi connectivity index (χ4n) is 2.07. The third-order valence-corrected chi connectivity index (χ3v) is 2.81. The number of nitrogens with zero attached hydrogens (tertiary/aromatic N) is 4. The highest BCUT2D eigenvalue weighted by Gasteiger charge is 2.38. The molecule has 3 heterocycles. The van der Waals surface area contributed by atoms with Gasteiger partial charge in [-0.25, -0.2) is 4.79 Å². The molecule has 3 aliphatic heterocycles. The summed E-state index contributed by atoms with van der Waals surface area (Å²) in [5.41, 5.74) is 0.826. The number of rotatable bonds is 0. The van der Waals surface area contributed by atoms with Gasteiger partial charge in [0.05, 0.1) is 5.71 Å². The van der Waals surface area contributed by atoms with E-state index in [4.69, 9.17) is 0 Å². The van der Waals surface area contributed by atoms with Crippen LogP contribution in [0.1, 0.15) is 0 Å². The molecule has 0 aromatic carbocycles. The fourth-order valence-corrected chi connectivity index (χ4v) is 2.07. The average molecular weight is 190 g/mol. The van der Waals surface area contributed by atoms with E-state index in [-0.39, 0.29) is 12.1 Å². The van der Waals surface area contributed by atoms with Crippen molar-refractivity contribution in [2.75, 3.05) is 20.1 Å². The highest BCUT2D eigenvalue weighted by atomic mass is 16.2. The van der Waals surface area contributed by atoms with Gasteiger partial charge in [-0.2, -0.15) is 9.98 Å². The van der Waals surface area contributed by atoms with E-state index in [9.17, 15) is 4.79 Å². The first kappa shape index (κ1) is 7.73. The second-order valence-electron chi connectivity index (χ2n) is 3.67. The van der Waals surface area contributed by atoms with Gasteiger partial charge in [0, 0.05) is 26.3 Å². The molecule has 5 heteroatoms. The van der Waals surface area contributed by atoms with Crippen molar-refractivity contribution in [1.29, 1.82) is 0 Å². The van der Waals surface area contributed by atoms with Crippen LogP contribution in [0, 0.1) is 0 Å². The van der Waals surface area contributed by atoms with Gasteiger partial charge < -0.3 is 9.80 Å². The number of amides is 2. The lowest BCUT2D eigenvalue weighted by molar-refractivity contribution is 0.252. The van der Waals surface area contributed by atoms with Crippen LogP contribution in [0.5, 0.6) is 0 Å². The van der Waals surface area contributed by atoms with E-state index in [0.717, 1.165) is 24.6 Å². The van der Waals surface area contributed by atoms with Crippen LogP contribution in [0.3, 0.4) is 0 Å². The van der Waals surface area contributed by atoms with E-state index < -0.39 is 0 Å². The van der Waals surface area contributed by atoms with E-state index in [0.29, 0.717) is 0 Å². The molecule has 0 spiro atoms. The third kappa shape index (κ3) is 0.865. The molecule has 1 saturated heterocycles. The number of piperazine rings is 1. The van der Waals surface area contributed by atoms with Gasteiger partial charge in [0.1, 0.15) is 11.9 Å². The number of amidine groups is 1. The Kier molecular flexibility index (Phi) is 1.34. The number of aliphatic imine (C=N–C) groups is 2. The molecule has 3 aliphatic rings. The molecule has 2 amide bonds. The fraction of sp³-hybridized carbons (Fsp3) is 0.444. The van der Waals surface area contributed by atoms with Gasteiger partial charge in [0.25, 0.3) is 0 Å². The normalized spacial score (nSPS) is 28.9. The van der Waals surface area contributed by atoms with Gasteiger partial charge in [-0.3, -0.25) is 0 Å². The lowest BCUT2D eigenvalue weighted by Gasteiger charge is -2.39. The van der Waals surface area contributed by atoms with Crippen molar-refractivity contribution in [2.24, 2.45) is 9.98 Å². The third-order valence-electron chi connectivity index (χ3n) is 2.81. The summed E-state index contributed by atoms with van der Waals surface area (Å²) >= 11 is 0. The first-order valence-electron chi connectivity index (χ1n) is 4.62. The minimum Gasteiger partial charge on any atom is -0.360 e. The molecule has 0 bridgehead atoms. The number of likely N-dealkylation sites (N-methyl/N-ethyl adjacent to an activating group) is 1. The zero-order valence-corrected chi connectivity index (χ0v) is 7.84.